The van der Waals surface area contributed by atoms with Crippen LogP contribution < -0.4 is 20.3 Å². The highest BCUT2D eigenvalue weighted by atomic mass is 35.5. The van der Waals surface area contributed by atoms with Gasteiger partial charge < -0.3 is 20.3 Å². The summed E-state index contributed by atoms with van der Waals surface area (Å²) in [4.78, 5) is 30.6. The molecule has 1 fully saturated rings. The van der Waals surface area contributed by atoms with Crippen LogP contribution in [0.5, 0.6) is 5.75 Å². The lowest BCUT2D eigenvalue weighted by atomic mass is 10.3. The Morgan fingerprint density at radius 3 is 2.68 bits per heavy atom. The van der Waals surface area contributed by atoms with E-state index in [1.165, 1.54) is 25.0 Å². The largest absolute Gasteiger partial charge is 0.484 e. The van der Waals surface area contributed by atoms with Gasteiger partial charge >= 0.3 is 0 Å². The minimum absolute atomic E-state index is 0.0232. The van der Waals surface area contributed by atoms with E-state index < -0.39 is 11.7 Å². The number of pyridine rings is 1. The normalized spacial score (nSPS) is 13.0. The molecule has 9 heteroatoms. The smallest absolute Gasteiger partial charge is 0.269 e. The number of carbonyl (C=O) groups excluding carboxylic acids is 2. The number of hydrogen-bond acceptors (Lipinski definition) is 5. The molecule has 0 atom stereocenters. The third-order valence-electron chi connectivity index (χ3n) is 4.74. The number of nitrogens with zero attached hydrogens (tertiary/aromatic N) is 2. The second-order valence-corrected chi connectivity index (χ2v) is 7.53. The summed E-state index contributed by atoms with van der Waals surface area (Å²) in [5, 5.41) is 5.30. The topological polar surface area (TPSA) is 83.6 Å². The Labute approximate surface area is 185 Å². The number of carbonyl (C=O) groups is 2. The molecule has 0 bridgehead atoms. The maximum atomic E-state index is 13.4. The van der Waals surface area contributed by atoms with Gasteiger partial charge in [0.15, 0.2) is 6.61 Å². The summed E-state index contributed by atoms with van der Waals surface area (Å²) in [5.41, 5.74) is 1.78. The van der Waals surface area contributed by atoms with E-state index in [4.69, 9.17) is 16.3 Å². The first-order valence-corrected chi connectivity index (χ1v) is 10.3. The summed E-state index contributed by atoms with van der Waals surface area (Å²) in [6, 6.07) is 7.52. The van der Waals surface area contributed by atoms with Crippen molar-refractivity contribution in [3.05, 3.63) is 65.3 Å². The monoisotopic (exact) mass is 446 g/mol. The summed E-state index contributed by atoms with van der Waals surface area (Å²) in [5.74, 6) is -1.16. The fraction of sp³-hybridized carbons (Fsp3) is 0.318. The number of rotatable bonds is 9. The van der Waals surface area contributed by atoms with E-state index in [9.17, 15) is 14.0 Å². The summed E-state index contributed by atoms with van der Waals surface area (Å²) < 4.78 is 18.6. The van der Waals surface area contributed by atoms with Crippen molar-refractivity contribution in [2.24, 2.45) is 0 Å². The molecule has 3 rings (SSSR count). The maximum Gasteiger partial charge on any atom is 0.269 e. The SMILES string of the molecule is C=C(CCNC(=O)c1ccc(N2CCCC2)cn1)NC(=O)COc1ccc(Cl)c(F)c1. The van der Waals surface area contributed by atoms with Crippen LogP contribution in [0.4, 0.5) is 10.1 Å². The second-order valence-electron chi connectivity index (χ2n) is 7.12. The van der Waals surface area contributed by atoms with Gasteiger partial charge in [-0.25, -0.2) is 9.37 Å². The fourth-order valence-electron chi connectivity index (χ4n) is 3.11. The zero-order valence-electron chi connectivity index (χ0n) is 17.0. The molecule has 2 heterocycles. The summed E-state index contributed by atoms with van der Waals surface area (Å²) in [7, 11) is 0. The van der Waals surface area contributed by atoms with Crippen molar-refractivity contribution in [2.45, 2.75) is 19.3 Å². The van der Waals surface area contributed by atoms with Gasteiger partial charge in [-0.2, -0.15) is 0 Å². The van der Waals surface area contributed by atoms with Crippen molar-refractivity contribution in [3.8, 4) is 5.75 Å². The molecular weight excluding hydrogens is 423 g/mol. The molecule has 31 heavy (non-hydrogen) atoms. The third-order valence-corrected chi connectivity index (χ3v) is 5.05. The number of hydrogen-bond donors (Lipinski definition) is 2. The number of nitrogens with one attached hydrogen (secondary N) is 2. The average Bonchev–Trinajstić information content (AvgIpc) is 3.29. The lowest BCUT2D eigenvalue weighted by Gasteiger charge is -2.17. The molecule has 0 saturated carbocycles. The Bertz CT molecular complexity index is 946. The lowest BCUT2D eigenvalue weighted by Crippen LogP contribution is -2.31. The molecule has 1 aromatic heterocycles. The highest BCUT2D eigenvalue weighted by molar-refractivity contribution is 6.30. The molecule has 1 aromatic carbocycles. The molecule has 164 valence electrons. The highest BCUT2D eigenvalue weighted by Gasteiger charge is 2.14. The quantitative estimate of drug-likeness (QED) is 0.617. The molecule has 0 unspecified atom stereocenters. The number of amides is 2. The zero-order chi connectivity index (χ0) is 22.2. The summed E-state index contributed by atoms with van der Waals surface area (Å²) >= 11 is 5.60. The molecule has 0 aliphatic carbocycles. The van der Waals surface area contributed by atoms with Gasteiger partial charge in [0.25, 0.3) is 11.8 Å². The Morgan fingerprint density at radius 1 is 1.23 bits per heavy atom. The summed E-state index contributed by atoms with van der Waals surface area (Å²) in [6.07, 6.45) is 4.41. The number of halogens is 2. The number of aromatic nitrogens is 1. The van der Waals surface area contributed by atoms with E-state index in [0.29, 0.717) is 17.8 Å². The number of ether oxygens (including phenoxy) is 1. The minimum Gasteiger partial charge on any atom is -0.484 e. The molecule has 7 nitrogen and oxygen atoms in total. The van der Waals surface area contributed by atoms with Crippen LogP contribution in [0.1, 0.15) is 29.8 Å². The van der Waals surface area contributed by atoms with E-state index in [1.54, 1.807) is 12.3 Å². The van der Waals surface area contributed by atoms with Crippen molar-refractivity contribution in [3.63, 3.8) is 0 Å². The highest BCUT2D eigenvalue weighted by Crippen LogP contribution is 2.20. The summed E-state index contributed by atoms with van der Waals surface area (Å²) in [6.45, 7) is 5.78. The van der Waals surface area contributed by atoms with E-state index >= 15 is 0 Å². The molecule has 1 saturated heterocycles. The fourth-order valence-corrected chi connectivity index (χ4v) is 3.23. The van der Waals surface area contributed by atoms with Crippen LogP contribution in [-0.2, 0) is 4.79 Å². The molecule has 0 radical (unpaired) electrons. The van der Waals surface area contributed by atoms with Crippen LogP contribution in [0, 0.1) is 5.82 Å². The average molecular weight is 447 g/mol. The van der Waals surface area contributed by atoms with Gasteiger partial charge in [0.1, 0.15) is 17.3 Å². The van der Waals surface area contributed by atoms with Gasteiger partial charge in [-0.1, -0.05) is 18.2 Å². The second kappa shape index (κ2) is 10.8. The zero-order valence-corrected chi connectivity index (χ0v) is 17.8. The van der Waals surface area contributed by atoms with Crippen molar-refractivity contribution in [1.82, 2.24) is 15.6 Å². The maximum absolute atomic E-state index is 13.4. The molecule has 1 aliphatic heterocycles. The molecule has 0 spiro atoms. The van der Waals surface area contributed by atoms with Crippen molar-refractivity contribution in [1.29, 1.82) is 0 Å². The molecule has 1 aliphatic rings. The van der Waals surface area contributed by atoms with Crippen LogP contribution in [-0.4, -0.2) is 43.0 Å². The molecule has 2 aromatic rings. The number of anilines is 1. The first kappa shape index (κ1) is 22.6. The van der Waals surface area contributed by atoms with E-state index in [1.807, 2.05) is 6.07 Å². The molecular formula is C22H24ClFN4O3. The third kappa shape index (κ3) is 6.68. The van der Waals surface area contributed by atoms with E-state index in [2.05, 4.69) is 27.1 Å². The molecule has 2 N–H and O–H groups in total. The van der Waals surface area contributed by atoms with Crippen LogP contribution >= 0.6 is 11.6 Å². The van der Waals surface area contributed by atoms with Gasteiger partial charge in [-0.05, 0) is 37.1 Å². The lowest BCUT2D eigenvalue weighted by molar-refractivity contribution is -0.122. The Hall–Kier alpha value is -3.13. The molecule has 2 amide bonds. The van der Waals surface area contributed by atoms with Crippen molar-refractivity contribution >= 4 is 29.1 Å². The first-order chi connectivity index (χ1) is 14.9. The Morgan fingerprint density at radius 2 is 2.00 bits per heavy atom. The Kier molecular flexibility index (Phi) is 7.83. The minimum atomic E-state index is -0.625. The van der Waals surface area contributed by atoms with Crippen molar-refractivity contribution in [2.75, 3.05) is 31.1 Å². The van der Waals surface area contributed by atoms with E-state index in [-0.39, 0.29) is 29.8 Å². The standard InChI is InChI=1S/C22H24ClFN4O3/c1-15(27-21(29)14-31-17-5-6-18(23)19(24)12-17)8-9-25-22(30)20-7-4-16(13-26-20)28-10-2-3-11-28/h4-7,12-13H,1-3,8-11,14H2,(H,25,30)(H,27,29). The van der Waals surface area contributed by atoms with E-state index in [0.717, 1.165) is 24.8 Å². The van der Waals surface area contributed by atoms with Gasteiger partial charge in [-0.3, -0.25) is 9.59 Å². The first-order valence-electron chi connectivity index (χ1n) is 9.97. The van der Waals surface area contributed by atoms with Crippen LogP contribution in [0.25, 0.3) is 0 Å². The predicted octanol–water partition coefficient (Wildman–Crippen LogP) is 3.30. The van der Waals surface area contributed by atoms with Gasteiger partial charge in [0, 0.05) is 37.8 Å². The van der Waals surface area contributed by atoms with Crippen molar-refractivity contribution < 1.29 is 18.7 Å². The predicted molar refractivity (Wildman–Crippen MR) is 117 cm³/mol. The van der Waals surface area contributed by atoms with Gasteiger partial charge in [0.2, 0.25) is 0 Å². The number of benzene rings is 1. The van der Waals surface area contributed by atoms with Gasteiger partial charge in [-0.15, -0.1) is 0 Å². The van der Waals surface area contributed by atoms with Gasteiger partial charge in [0.05, 0.1) is 16.9 Å². The Balaban J connectivity index is 1.35. The van der Waals surface area contributed by atoms with Crippen LogP contribution in [0.15, 0.2) is 48.8 Å². The van der Waals surface area contributed by atoms with Crippen LogP contribution in [0.3, 0.4) is 0 Å². The van der Waals surface area contributed by atoms with Crippen LogP contribution in [0.2, 0.25) is 5.02 Å².